The largest absolute Gasteiger partial charge is 0.340 e. The fraction of sp³-hybridized carbons (Fsp3) is 0.423. The highest BCUT2D eigenvalue weighted by atomic mass is 35.5. The minimum Gasteiger partial charge on any atom is -0.340 e. The molecule has 6 nitrogen and oxygen atoms in total. The van der Waals surface area contributed by atoms with E-state index in [1.54, 1.807) is 18.2 Å². The molecule has 2 heterocycles. The number of hydrogen-bond donors (Lipinski definition) is 0. The number of hydrogen-bond acceptors (Lipinski definition) is 4. The number of piperidine rings is 1. The molecule has 0 aliphatic carbocycles. The van der Waals surface area contributed by atoms with Gasteiger partial charge in [0.1, 0.15) is 0 Å². The molecule has 2 aliphatic rings. The highest BCUT2D eigenvalue weighted by Crippen LogP contribution is 2.29. The van der Waals surface area contributed by atoms with Crippen LogP contribution in [0.25, 0.3) is 6.08 Å². The van der Waals surface area contributed by atoms with Crippen molar-refractivity contribution in [1.82, 2.24) is 14.1 Å². The van der Waals surface area contributed by atoms with E-state index >= 15 is 0 Å². The molecule has 0 aromatic heterocycles. The minimum atomic E-state index is -3.57. The normalized spacial score (nSPS) is 18.9. The lowest BCUT2D eigenvalue weighted by atomic mass is 9.96. The Morgan fingerprint density at radius 3 is 2.14 bits per heavy atom. The molecule has 4 rings (SSSR count). The van der Waals surface area contributed by atoms with Gasteiger partial charge in [0, 0.05) is 67.3 Å². The quantitative estimate of drug-likeness (QED) is 0.527. The van der Waals surface area contributed by atoms with Crippen molar-refractivity contribution in [2.24, 2.45) is 5.92 Å². The van der Waals surface area contributed by atoms with Crippen LogP contribution in [0.2, 0.25) is 10.0 Å². The van der Waals surface area contributed by atoms with Crippen LogP contribution >= 0.6 is 23.2 Å². The first kappa shape index (κ1) is 26.2. The molecule has 2 aliphatic heterocycles. The number of sulfonamides is 1. The second-order valence-corrected chi connectivity index (χ2v) is 11.9. The summed E-state index contributed by atoms with van der Waals surface area (Å²) in [5.41, 5.74) is 1.61. The van der Waals surface area contributed by atoms with E-state index in [0.717, 1.165) is 19.6 Å². The Kier molecular flexibility index (Phi) is 8.89. The van der Waals surface area contributed by atoms with Crippen molar-refractivity contribution in [2.45, 2.75) is 18.6 Å². The molecule has 0 bridgehead atoms. The molecule has 0 atom stereocenters. The molecular formula is C26H31Cl2N3O3S. The summed E-state index contributed by atoms with van der Waals surface area (Å²) in [6, 6.07) is 15.2. The van der Waals surface area contributed by atoms with Gasteiger partial charge in [0.15, 0.2) is 0 Å². The summed E-state index contributed by atoms with van der Waals surface area (Å²) in [6.07, 6.45) is 5.36. The fourth-order valence-corrected chi connectivity index (χ4v) is 6.95. The zero-order valence-corrected chi connectivity index (χ0v) is 22.0. The summed E-state index contributed by atoms with van der Waals surface area (Å²) >= 11 is 12.3. The number of amides is 1. The molecule has 2 saturated heterocycles. The molecule has 9 heteroatoms. The van der Waals surface area contributed by atoms with Crippen LogP contribution in [0, 0.1) is 5.92 Å². The lowest BCUT2D eigenvalue weighted by Gasteiger charge is -2.38. The summed E-state index contributed by atoms with van der Waals surface area (Å²) in [6.45, 7) is 4.65. The van der Waals surface area contributed by atoms with Gasteiger partial charge in [0.25, 0.3) is 0 Å². The van der Waals surface area contributed by atoms with Crippen LogP contribution in [0.15, 0.2) is 54.6 Å². The van der Waals surface area contributed by atoms with Gasteiger partial charge < -0.3 is 4.90 Å². The average Bonchev–Trinajstić information content (AvgIpc) is 2.87. The first-order valence-corrected chi connectivity index (χ1v) is 14.3. The zero-order valence-electron chi connectivity index (χ0n) is 19.7. The van der Waals surface area contributed by atoms with Crippen LogP contribution in [-0.2, 0) is 20.6 Å². The molecule has 2 aromatic rings. The molecular weight excluding hydrogens is 505 g/mol. The van der Waals surface area contributed by atoms with E-state index in [0.29, 0.717) is 54.6 Å². The summed E-state index contributed by atoms with van der Waals surface area (Å²) in [5.74, 6) is -0.212. The Balaban J connectivity index is 1.23. The van der Waals surface area contributed by atoms with Crippen LogP contribution in [-0.4, -0.2) is 74.2 Å². The second-order valence-electron chi connectivity index (χ2n) is 9.07. The van der Waals surface area contributed by atoms with E-state index in [4.69, 9.17) is 23.2 Å². The van der Waals surface area contributed by atoms with Gasteiger partial charge in [-0.25, -0.2) is 12.7 Å². The Hall–Kier alpha value is -1.90. The molecule has 35 heavy (non-hydrogen) atoms. The molecule has 0 radical (unpaired) electrons. The van der Waals surface area contributed by atoms with Gasteiger partial charge in [-0.15, -0.1) is 0 Å². The number of carbonyl (C=O) groups is 1. The monoisotopic (exact) mass is 535 g/mol. The number of benzene rings is 2. The van der Waals surface area contributed by atoms with Crippen molar-refractivity contribution in [3.8, 4) is 0 Å². The molecule has 2 aromatic carbocycles. The highest BCUT2D eigenvalue weighted by Gasteiger charge is 2.34. The number of rotatable bonds is 7. The van der Waals surface area contributed by atoms with Gasteiger partial charge in [-0.2, -0.15) is 0 Å². The molecule has 0 spiro atoms. The van der Waals surface area contributed by atoms with Crippen LogP contribution in [0.3, 0.4) is 0 Å². The van der Waals surface area contributed by atoms with Gasteiger partial charge >= 0.3 is 0 Å². The van der Waals surface area contributed by atoms with Gasteiger partial charge in [-0.1, -0.05) is 71.8 Å². The predicted molar refractivity (Wildman–Crippen MR) is 142 cm³/mol. The van der Waals surface area contributed by atoms with Crippen molar-refractivity contribution in [3.05, 3.63) is 75.8 Å². The van der Waals surface area contributed by atoms with E-state index in [1.165, 1.54) is 9.87 Å². The second kappa shape index (κ2) is 11.9. The topological polar surface area (TPSA) is 60.9 Å². The van der Waals surface area contributed by atoms with Crippen molar-refractivity contribution < 1.29 is 13.2 Å². The van der Waals surface area contributed by atoms with E-state index < -0.39 is 10.0 Å². The third kappa shape index (κ3) is 6.86. The number of nitrogens with zero attached hydrogens (tertiary/aromatic N) is 3. The van der Waals surface area contributed by atoms with Crippen molar-refractivity contribution >= 4 is 45.2 Å². The predicted octanol–water partition coefficient (Wildman–Crippen LogP) is 4.39. The fourth-order valence-electron chi connectivity index (χ4n) is 4.64. The van der Waals surface area contributed by atoms with Crippen LogP contribution in [0.4, 0.5) is 0 Å². The van der Waals surface area contributed by atoms with Gasteiger partial charge in [0.2, 0.25) is 15.9 Å². The summed E-state index contributed by atoms with van der Waals surface area (Å²) in [4.78, 5) is 17.4. The van der Waals surface area contributed by atoms with E-state index in [2.05, 4.69) is 29.2 Å². The Morgan fingerprint density at radius 1 is 0.886 bits per heavy atom. The Morgan fingerprint density at radius 2 is 1.51 bits per heavy atom. The third-order valence-electron chi connectivity index (χ3n) is 6.74. The van der Waals surface area contributed by atoms with Crippen LogP contribution in [0.1, 0.15) is 24.0 Å². The van der Waals surface area contributed by atoms with E-state index in [9.17, 15) is 13.2 Å². The van der Waals surface area contributed by atoms with Crippen molar-refractivity contribution in [3.63, 3.8) is 0 Å². The SMILES string of the molecule is O=C(C1CCN(S(=O)(=O)Cc2c(Cl)cccc2Cl)CC1)N1CCN(C/C=C/c2ccccc2)CC1. The summed E-state index contributed by atoms with van der Waals surface area (Å²) in [5, 5.41) is 0.696. The maximum atomic E-state index is 13.1. The standard InChI is InChI=1S/C26H31Cl2N3O3S/c27-24-9-4-10-25(28)23(24)20-35(33,34)31-14-11-22(12-15-31)26(32)30-18-16-29(17-19-30)13-5-8-21-6-2-1-3-7-21/h1-10,22H,11-20H2/b8-5+. The Bertz CT molecular complexity index is 1120. The highest BCUT2D eigenvalue weighted by molar-refractivity contribution is 7.88. The minimum absolute atomic E-state index is 0.130. The lowest BCUT2D eigenvalue weighted by molar-refractivity contribution is -0.138. The molecule has 188 valence electrons. The van der Waals surface area contributed by atoms with Crippen molar-refractivity contribution in [2.75, 3.05) is 45.8 Å². The number of piperazine rings is 1. The van der Waals surface area contributed by atoms with Gasteiger partial charge in [0.05, 0.1) is 5.75 Å². The van der Waals surface area contributed by atoms with Crippen molar-refractivity contribution in [1.29, 1.82) is 0 Å². The molecule has 0 unspecified atom stereocenters. The third-order valence-corrected chi connectivity index (χ3v) is 9.26. The molecule has 0 N–H and O–H groups in total. The first-order valence-electron chi connectivity index (χ1n) is 12.0. The van der Waals surface area contributed by atoms with E-state index in [-0.39, 0.29) is 17.6 Å². The maximum absolute atomic E-state index is 13.1. The van der Waals surface area contributed by atoms with Crippen LogP contribution in [0.5, 0.6) is 0 Å². The van der Waals surface area contributed by atoms with E-state index in [1.807, 2.05) is 23.1 Å². The smallest absolute Gasteiger partial charge is 0.225 e. The zero-order chi connectivity index (χ0) is 24.8. The summed E-state index contributed by atoms with van der Waals surface area (Å²) < 4.78 is 27.4. The summed E-state index contributed by atoms with van der Waals surface area (Å²) in [7, 11) is -3.57. The molecule has 1 amide bonds. The molecule has 0 saturated carbocycles. The average molecular weight is 537 g/mol. The molecule has 2 fully saturated rings. The van der Waals surface area contributed by atoms with Crippen LogP contribution < -0.4 is 0 Å². The lowest BCUT2D eigenvalue weighted by Crippen LogP contribution is -2.51. The maximum Gasteiger partial charge on any atom is 0.225 e. The number of carbonyl (C=O) groups excluding carboxylic acids is 1. The first-order chi connectivity index (χ1) is 16.8. The Labute approximate surface area is 218 Å². The number of halogens is 2. The van der Waals surface area contributed by atoms with Gasteiger partial charge in [-0.05, 0) is 30.5 Å². The van der Waals surface area contributed by atoms with Gasteiger partial charge in [-0.3, -0.25) is 9.69 Å².